The first kappa shape index (κ1) is 36.0. The van der Waals surface area contributed by atoms with Crippen molar-refractivity contribution in [2.45, 2.75) is 37.3 Å². The molecule has 8 nitrogen and oxygen atoms in total. The number of fused-ring (bicyclic) bond motifs is 2. The number of hydrogen-bond acceptors (Lipinski definition) is 6. The van der Waals surface area contributed by atoms with Crippen molar-refractivity contribution in [2.75, 3.05) is 13.1 Å². The Morgan fingerprint density at radius 3 is 1.38 bits per heavy atom. The number of rotatable bonds is 8. The molecule has 4 amide bonds. The second-order valence-corrected chi connectivity index (χ2v) is 11.8. The summed E-state index contributed by atoms with van der Waals surface area (Å²) in [6.45, 7) is -0.193. The summed E-state index contributed by atoms with van der Waals surface area (Å²) in [4.78, 5) is 51.2. The van der Waals surface area contributed by atoms with Crippen LogP contribution in [0.2, 0.25) is 0 Å². The summed E-state index contributed by atoms with van der Waals surface area (Å²) in [6.07, 6.45) is -8.88. The molecule has 0 aromatic heterocycles. The lowest BCUT2D eigenvalue weighted by Gasteiger charge is -2.21. The van der Waals surface area contributed by atoms with Crippen LogP contribution in [-0.2, 0) is 25.2 Å². The van der Waals surface area contributed by atoms with Gasteiger partial charge in [-0.1, -0.05) is 60.7 Å². The second kappa shape index (κ2) is 14.3. The zero-order valence-corrected chi connectivity index (χ0v) is 26.2. The quantitative estimate of drug-likeness (QED) is 0.179. The van der Waals surface area contributed by atoms with Crippen LogP contribution < -0.4 is 11.5 Å². The van der Waals surface area contributed by atoms with Crippen molar-refractivity contribution in [3.05, 3.63) is 142 Å². The van der Waals surface area contributed by atoms with Crippen LogP contribution in [0, 0.1) is 0 Å². The van der Waals surface area contributed by atoms with Gasteiger partial charge in [0, 0.05) is 25.2 Å². The van der Waals surface area contributed by atoms with Crippen molar-refractivity contribution < 1.29 is 45.5 Å². The maximum atomic E-state index is 13.0. The number of amides is 4. The Morgan fingerprint density at radius 1 is 0.520 bits per heavy atom. The molecule has 2 aliphatic heterocycles. The highest BCUT2D eigenvalue weighted by Gasteiger charge is 2.38. The first-order valence-electron chi connectivity index (χ1n) is 15.3. The van der Waals surface area contributed by atoms with Crippen LogP contribution in [0.4, 0.5) is 26.3 Å². The van der Waals surface area contributed by atoms with Crippen molar-refractivity contribution in [3.63, 3.8) is 0 Å². The number of halogens is 6. The SMILES string of the molecule is N[C@@H](Cc1cccc(C(F)(F)F)c1)CN1C(=O)c2ccccc2C1=O.N[C@@H](Cc1ccccc1C(F)(F)F)CN1C(=O)c2ccccc2C1=O. The normalized spacial score (nSPS) is 15.4. The second-order valence-electron chi connectivity index (χ2n) is 11.8. The summed E-state index contributed by atoms with van der Waals surface area (Å²) >= 11 is 0. The molecule has 6 rings (SSSR count). The molecule has 0 fully saturated rings. The molecule has 0 aliphatic carbocycles. The number of alkyl halides is 6. The molecule has 14 heteroatoms. The molecular formula is C36H30F6N4O4. The Labute approximate surface area is 282 Å². The molecule has 4 aromatic carbocycles. The molecule has 2 atom stereocenters. The molecule has 2 heterocycles. The fourth-order valence-corrected chi connectivity index (χ4v) is 5.84. The largest absolute Gasteiger partial charge is 0.416 e. The molecule has 50 heavy (non-hydrogen) atoms. The van der Waals surface area contributed by atoms with Crippen molar-refractivity contribution in [1.29, 1.82) is 0 Å². The van der Waals surface area contributed by atoms with E-state index in [2.05, 4.69) is 0 Å². The van der Waals surface area contributed by atoms with E-state index in [1.54, 1.807) is 48.5 Å². The molecule has 4 N–H and O–H groups in total. The fourth-order valence-electron chi connectivity index (χ4n) is 5.84. The molecule has 0 saturated carbocycles. The van der Waals surface area contributed by atoms with Gasteiger partial charge in [0.1, 0.15) is 0 Å². The average molecular weight is 697 g/mol. The average Bonchev–Trinajstić information content (AvgIpc) is 3.45. The van der Waals surface area contributed by atoms with Crippen molar-refractivity contribution in [2.24, 2.45) is 11.5 Å². The van der Waals surface area contributed by atoms with Crippen LogP contribution in [0.3, 0.4) is 0 Å². The third kappa shape index (κ3) is 7.76. The number of nitrogens with two attached hydrogens (primary N) is 2. The van der Waals surface area contributed by atoms with Crippen molar-refractivity contribution in [3.8, 4) is 0 Å². The predicted octanol–water partition coefficient (Wildman–Crippen LogP) is 5.74. The number of hydrogen-bond donors (Lipinski definition) is 2. The Morgan fingerprint density at radius 2 is 0.940 bits per heavy atom. The van der Waals surface area contributed by atoms with Gasteiger partial charge in [-0.15, -0.1) is 0 Å². The van der Waals surface area contributed by atoms with Gasteiger partial charge in [0.2, 0.25) is 0 Å². The number of nitrogens with zero attached hydrogens (tertiary/aromatic N) is 2. The van der Waals surface area contributed by atoms with Gasteiger partial charge in [-0.25, -0.2) is 0 Å². The summed E-state index contributed by atoms with van der Waals surface area (Å²) in [5, 5.41) is 0. The lowest BCUT2D eigenvalue weighted by atomic mass is 10.00. The van der Waals surface area contributed by atoms with E-state index in [9.17, 15) is 45.5 Å². The van der Waals surface area contributed by atoms with E-state index in [4.69, 9.17) is 11.5 Å². The van der Waals surface area contributed by atoms with E-state index < -0.39 is 59.2 Å². The third-order valence-corrected chi connectivity index (χ3v) is 8.15. The van der Waals surface area contributed by atoms with Crippen LogP contribution in [0.15, 0.2) is 97.1 Å². The zero-order valence-electron chi connectivity index (χ0n) is 26.2. The number of carbonyl (C=O) groups is 4. The lowest BCUT2D eigenvalue weighted by Crippen LogP contribution is -2.42. The first-order chi connectivity index (χ1) is 23.6. The summed E-state index contributed by atoms with van der Waals surface area (Å²) in [5.74, 6) is -1.81. The van der Waals surface area contributed by atoms with E-state index in [1.807, 2.05) is 0 Å². The monoisotopic (exact) mass is 696 g/mol. The maximum absolute atomic E-state index is 13.0. The minimum Gasteiger partial charge on any atom is -0.326 e. The van der Waals surface area contributed by atoms with Crippen LogP contribution in [0.25, 0.3) is 0 Å². The van der Waals surface area contributed by atoms with E-state index in [0.717, 1.165) is 28.0 Å². The van der Waals surface area contributed by atoms with Gasteiger partial charge in [-0.05, 0) is 60.4 Å². The molecule has 0 unspecified atom stereocenters. The number of imide groups is 2. The minimum absolute atomic E-state index is 0.0408. The van der Waals surface area contributed by atoms with Crippen molar-refractivity contribution >= 4 is 23.6 Å². The predicted molar refractivity (Wildman–Crippen MR) is 170 cm³/mol. The highest BCUT2D eigenvalue weighted by molar-refractivity contribution is 6.22. The summed E-state index contributed by atoms with van der Waals surface area (Å²) in [5.41, 5.74) is 12.1. The Balaban J connectivity index is 0.000000194. The summed E-state index contributed by atoms with van der Waals surface area (Å²) in [7, 11) is 0. The molecule has 4 aromatic rings. The first-order valence-corrected chi connectivity index (χ1v) is 15.3. The lowest BCUT2D eigenvalue weighted by molar-refractivity contribution is -0.138. The number of benzene rings is 4. The molecule has 0 spiro atoms. The van der Waals surface area contributed by atoms with Gasteiger partial charge in [0.25, 0.3) is 23.6 Å². The molecule has 2 aliphatic rings. The Hall–Kier alpha value is -5.34. The smallest absolute Gasteiger partial charge is 0.326 e. The highest BCUT2D eigenvalue weighted by Crippen LogP contribution is 2.33. The molecule has 0 saturated heterocycles. The van der Waals surface area contributed by atoms with Gasteiger partial charge < -0.3 is 11.5 Å². The van der Waals surface area contributed by atoms with Gasteiger partial charge in [-0.3, -0.25) is 29.0 Å². The van der Waals surface area contributed by atoms with Crippen LogP contribution >= 0.6 is 0 Å². The van der Waals surface area contributed by atoms with E-state index in [0.29, 0.717) is 16.7 Å². The highest BCUT2D eigenvalue weighted by atomic mass is 19.4. The number of carbonyl (C=O) groups excluding carboxylic acids is 4. The van der Waals surface area contributed by atoms with Crippen LogP contribution in [0.1, 0.15) is 63.7 Å². The molecule has 0 radical (unpaired) electrons. The van der Waals surface area contributed by atoms with Gasteiger partial charge in [0.15, 0.2) is 0 Å². The fraction of sp³-hybridized carbons (Fsp3) is 0.222. The Kier molecular flexibility index (Phi) is 10.2. The summed E-state index contributed by atoms with van der Waals surface area (Å²) < 4.78 is 77.4. The van der Waals surface area contributed by atoms with E-state index >= 15 is 0 Å². The molecular weight excluding hydrogens is 666 g/mol. The summed E-state index contributed by atoms with van der Waals surface area (Å²) in [6, 6.07) is 21.4. The van der Waals surface area contributed by atoms with Gasteiger partial charge >= 0.3 is 12.4 Å². The zero-order chi connectivity index (χ0) is 36.4. The minimum atomic E-state index is -4.48. The van der Waals surface area contributed by atoms with E-state index in [-0.39, 0.29) is 42.6 Å². The topological polar surface area (TPSA) is 127 Å². The third-order valence-electron chi connectivity index (χ3n) is 8.15. The van der Waals surface area contributed by atoms with Crippen LogP contribution in [-0.4, -0.2) is 58.6 Å². The maximum Gasteiger partial charge on any atom is 0.416 e. The van der Waals surface area contributed by atoms with Crippen LogP contribution in [0.5, 0.6) is 0 Å². The van der Waals surface area contributed by atoms with E-state index in [1.165, 1.54) is 30.3 Å². The van der Waals surface area contributed by atoms with Gasteiger partial charge in [0.05, 0.1) is 33.4 Å². The van der Waals surface area contributed by atoms with Gasteiger partial charge in [-0.2, -0.15) is 26.3 Å². The molecule has 260 valence electrons. The molecule has 0 bridgehead atoms. The van der Waals surface area contributed by atoms with Crippen molar-refractivity contribution in [1.82, 2.24) is 9.80 Å². The standard InChI is InChI=1S/2C18H15F3N2O2/c19-18(20,21)15-8-4-1-5-11(15)9-12(22)10-23-16(24)13-6-2-3-7-14(13)17(23)25;19-18(20,21)12-5-3-4-11(8-12)9-13(22)10-23-16(24)14-6-1-2-7-15(14)17(23)25/h1-8,12H,9-10,22H2;1-8,13H,9-10,22H2/t12-;13-/m00/s1. The Bertz CT molecular complexity index is 1870.